The molecule has 0 bridgehead atoms. The number of benzene rings is 1. The van der Waals surface area contributed by atoms with Crippen LogP contribution < -0.4 is 5.32 Å². The van der Waals surface area contributed by atoms with Crippen molar-refractivity contribution in [3.05, 3.63) is 47.8 Å². The molecule has 5 nitrogen and oxygen atoms in total. The standard InChI is InChI=1S/C17H23N3O2/c1-3-4-5-6-13-7-9-15(10-8-13)19-17(22)16(21)14-11-18-20(2)12-14/h7-12,16,21H,3-6H2,1-2H3,(H,19,22). The fourth-order valence-corrected chi connectivity index (χ4v) is 2.28. The third-order valence-electron chi connectivity index (χ3n) is 3.58. The number of hydrogen-bond donors (Lipinski definition) is 2. The Morgan fingerprint density at radius 1 is 1.32 bits per heavy atom. The number of aliphatic hydroxyl groups excluding tert-OH is 1. The molecule has 0 aliphatic heterocycles. The van der Waals surface area contributed by atoms with Crippen LogP contribution in [0.3, 0.4) is 0 Å². The Morgan fingerprint density at radius 3 is 2.64 bits per heavy atom. The monoisotopic (exact) mass is 301 g/mol. The summed E-state index contributed by atoms with van der Waals surface area (Å²) in [6.07, 6.45) is 6.58. The molecule has 1 unspecified atom stereocenters. The third kappa shape index (κ3) is 4.43. The van der Waals surface area contributed by atoms with Crippen molar-refractivity contribution in [3.8, 4) is 0 Å². The first-order valence-corrected chi connectivity index (χ1v) is 7.66. The van der Waals surface area contributed by atoms with Gasteiger partial charge in [-0.2, -0.15) is 5.10 Å². The van der Waals surface area contributed by atoms with Crippen LogP contribution in [-0.2, 0) is 18.3 Å². The van der Waals surface area contributed by atoms with E-state index in [1.54, 1.807) is 17.9 Å². The first kappa shape index (κ1) is 16.2. The van der Waals surface area contributed by atoms with E-state index in [1.165, 1.54) is 31.0 Å². The molecule has 1 amide bonds. The molecule has 0 aliphatic rings. The molecule has 118 valence electrons. The van der Waals surface area contributed by atoms with Crippen LogP contribution in [-0.4, -0.2) is 20.8 Å². The summed E-state index contributed by atoms with van der Waals surface area (Å²) >= 11 is 0. The number of aromatic nitrogens is 2. The number of rotatable bonds is 7. The Bertz CT molecular complexity index is 605. The summed E-state index contributed by atoms with van der Waals surface area (Å²) in [6, 6.07) is 7.77. The molecular formula is C17H23N3O2. The molecule has 0 saturated heterocycles. The number of carbonyl (C=O) groups excluding carboxylic acids is 1. The SMILES string of the molecule is CCCCCc1ccc(NC(=O)C(O)c2cnn(C)c2)cc1. The Kier molecular flexibility index (Phi) is 5.72. The minimum absolute atomic E-state index is 0.452. The normalized spacial score (nSPS) is 12.1. The zero-order chi connectivity index (χ0) is 15.9. The number of anilines is 1. The van der Waals surface area contributed by atoms with Gasteiger partial charge in [0.15, 0.2) is 6.10 Å². The number of aliphatic hydroxyl groups is 1. The lowest BCUT2D eigenvalue weighted by atomic mass is 10.1. The molecule has 0 aliphatic carbocycles. The van der Waals surface area contributed by atoms with Crippen LogP contribution in [0.1, 0.15) is 43.4 Å². The van der Waals surface area contributed by atoms with Gasteiger partial charge in [-0.25, -0.2) is 0 Å². The zero-order valence-corrected chi connectivity index (χ0v) is 13.1. The van der Waals surface area contributed by atoms with Gasteiger partial charge in [0.1, 0.15) is 0 Å². The lowest BCUT2D eigenvalue weighted by Gasteiger charge is -2.10. The number of nitrogens with one attached hydrogen (secondary N) is 1. The third-order valence-corrected chi connectivity index (χ3v) is 3.58. The van der Waals surface area contributed by atoms with E-state index in [9.17, 15) is 9.90 Å². The molecule has 22 heavy (non-hydrogen) atoms. The molecule has 0 fully saturated rings. The smallest absolute Gasteiger partial charge is 0.257 e. The van der Waals surface area contributed by atoms with Gasteiger partial charge in [-0.15, -0.1) is 0 Å². The highest BCUT2D eigenvalue weighted by Crippen LogP contribution is 2.16. The highest BCUT2D eigenvalue weighted by atomic mass is 16.3. The van der Waals surface area contributed by atoms with Crippen LogP contribution >= 0.6 is 0 Å². The van der Waals surface area contributed by atoms with Gasteiger partial charge in [-0.05, 0) is 30.5 Å². The van der Waals surface area contributed by atoms with Crippen LogP contribution in [0.15, 0.2) is 36.7 Å². The van der Waals surface area contributed by atoms with Crippen LogP contribution in [0, 0.1) is 0 Å². The number of carbonyl (C=O) groups is 1. The second-order valence-corrected chi connectivity index (χ2v) is 5.49. The predicted molar refractivity (Wildman–Crippen MR) is 86.5 cm³/mol. The van der Waals surface area contributed by atoms with E-state index in [2.05, 4.69) is 17.3 Å². The fraction of sp³-hybridized carbons (Fsp3) is 0.412. The number of unbranched alkanes of at least 4 members (excludes halogenated alkanes) is 2. The first-order valence-electron chi connectivity index (χ1n) is 7.66. The van der Waals surface area contributed by atoms with Gasteiger partial charge in [-0.1, -0.05) is 31.9 Å². The maximum atomic E-state index is 12.0. The van der Waals surface area contributed by atoms with Crippen molar-refractivity contribution >= 4 is 11.6 Å². The summed E-state index contributed by atoms with van der Waals surface area (Å²) in [5.74, 6) is -0.452. The maximum absolute atomic E-state index is 12.0. The second-order valence-electron chi connectivity index (χ2n) is 5.49. The van der Waals surface area contributed by atoms with E-state index in [-0.39, 0.29) is 0 Å². The molecule has 5 heteroatoms. The largest absolute Gasteiger partial charge is 0.378 e. The van der Waals surface area contributed by atoms with Gasteiger partial charge < -0.3 is 10.4 Å². The zero-order valence-electron chi connectivity index (χ0n) is 13.1. The first-order chi connectivity index (χ1) is 10.6. The summed E-state index contributed by atoms with van der Waals surface area (Å²) in [7, 11) is 1.74. The molecule has 1 aromatic carbocycles. The summed E-state index contributed by atoms with van der Waals surface area (Å²) in [4.78, 5) is 12.0. The van der Waals surface area contributed by atoms with Crippen LogP contribution in [0.5, 0.6) is 0 Å². The molecule has 2 rings (SSSR count). The Morgan fingerprint density at radius 2 is 2.05 bits per heavy atom. The predicted octanol–water partition coefficient (Wildman–Crippen LogP) is 2.82. The van der Waals surface area contributed by atoms with Gasteiger partial charge in [0.2, 0.25) is 0 Å². The van der Waals surface area contributed by atoms with E-state index in [1.807, 2.05) is 24.3 Å². The average Bonchev–Trinajstić information content (AvgIpc) is 2.95. The van der Waals surface area contributed by atoms with Crippen molar-refractivity contribution in [2.75, 3.05) is 5.32 Å². The molecule has 0 spiro atoms. The second kappa shape index (κ2) is 7.75. The van der Waals surface area contributed by atoms with Gasteiger partial charge in [0, 0.05) is 24.5 Å². The molecule has 1 heterocycles. The topological polar surface area (TPSA) is 67.2 Å². The van der Waals surface area contributed by atoms with E-state index in [0.29, 0.717) is 11.3 Å². The van der Waals surface area contributed by atoms with Gasteiger partial charge in [0.05, 0.1) is 6.20 Å². The van der Waals surface area contributed by atoms with E-state index in [4.69, 9.17) is 0 Å². The Hall–Kier alpha value is -2.14. The van der Waals surface area contributed by atoms with Crippen molar-refractivity contribution in [1.29, 1.82) is 0 Å². The average molecular weight is 301 g/mol. The van der Waals surface area contributed by atoms with Crippen LogP contribution in [0.2, 0.25) is 0 Å². The molecule has 2 aromatic rings. The maximum Gasteiger partial charge on any atom is 0.257 e. The van der Waals surface area contributed by atoms with E-state index in [0.717, 1.165) is 6.42 Å². The van der Waals surface area contributed by atoms with E-state index < -0.39 is 12.0 Å². The number of aryl methyl sites for hydroxylation is 2. The van der Waals surface area contributed by atoms with Gasteiger partial charge >= 0.3 is 0 Å². The van der Waals surface area contributed by atoms with Crippen molar-refractivity contribution in [3.63, 3.8) is 0 Å². The van der Waals surface area contributed by atoms with E-state index >= 15 is 0 Å². The van der Waals surface area contributed by atoms with Crippen molar-refractivity contribution in [2.24, 2.45) is 7.05 Å². The lowest BCUT2D eigenvalue weighted by molar-refractivity contribution is -0.124. The summed E-state index contributed by atoms with van der Waals surface area (Å²) in [6.45, 7) is 2.19. The van der Waals surface area contributed by atoms with Crippen molar-refractivity contribution < 1.29 is 9.90 Å². The fourth-order valence-electron chi connectivity index (χ4n) is 2.28. The molecule has 1 aromatic heterocycles. The molecule has 0 radical (unpaired) electrons. The Labute approximate surface area is 131 Å². The highest BCUT2D eigenvalue weighted by molar-refractivity contribution is 5.94. The Balaban J connectivity index is 1.91. The molecule has 0 saturated carbocycles. The quantitative estimate of drug-likeness (QED) is 0.773. The van der Waals surface area contributed by atoms with Crippen molar-refractivity contribution in [2.45, 2.75) is 38.7 Å². The van der Waals surface area contributed by atoms with Gasteiger partial charge in [0.25, 0.3) is 5.91 Å². The number of nitrogens with zero attached hydrogens (tertiary/aromatic N) is 2. The van der Waals surface area contributed by atoms with Crippen LogP contribution in [0.25, 0.3) is 0 Å². The van der Waals surface area contributed by atoms with Crippen molar-refractivity contribution in [1.82, 2.24) is 9.78 Å². The molecular weight excluding hydrogens is 278 g/mol. The minimum Gasteiger partial charge on any atom is -0.378 e. The van der Waals surface area contributed by atoms with Gasteiger partial charge in [-0.3, -0.25) is 9.48 Å². The summed E-state index contributed by atoms with van der Waals surface area (Å²) in [5, 5.41) is 16.7. The number of amides is 1. The number of hydrogen-bond acceptors (Lipinski definition) is 3. The minimum atomic E-state index is -1.21. The molecule has 1 atom stereocenters. The summed E-state index contributed by atoms with van der Waals surface area (Å²) in [5.41, 5.74) is 2.43. The molecule has 2 N–H and O–H groups in total. The highest BCUT2D eigenvalue weighted by Gasteiger charge is 2.18. The lowest BCUT2D eigenvalue weighted by Crippen LogP contribution is -2.20. The van der Waals surface area contributed by atoms with Crippen LogP contribution in [0.4, 0.5) is 5.69 Å². The summed E-state index contributed by atoms with van der Waals surface area (Å²) < 4.78 is 1.55.